The molecular weight excluding hydrogens is 282 g/mol. The molecule has 106 valence electrons. The van der Waals surface area contributed by atoms with Gasteiger partial charge in [-0.2, -0.15) is 11.8 Å². The van der Waals surface area contributed by atoms with Gasteiger partial charge in [0.15, 0.2) is 0 Å². The molecular formula is C13H20ClN3OS. The molecule has 19 heavy (non-hydrogen) atoms. The van der Waals surface area contributed by atoms with Crippen LogP contribution in [0.3, 0.4) is 0 Å². The Morgan fingerprint density at radius 3 is 2.84 bits per heavy atom. The van der Waals surface area contributed by atoms with Crippen molar-refractivity contribution in [2.75, 3.05) is 31.4 Å². The summed E-state index contributed by atoms with van der Waals surface area (Å²) in [4.78, 5) is 18.2. The van der Waals surface area contributed by atoms with E-state index in [0.717, 1.165) is 12.2 Å². The first-order valence-corrected chi connectivity index (χ1v) is 7.88. The predicted molar refractivity (Wildman–Crippen MR) is 83.3 cm³/mol. The van der Waals surface area contributed by atoms with Crippen LogP contribution in [0.15, 0.2) is 12.1 Å². The van der Waals surface area contributed by atoms with Crippen molar-refractivity contribution in [3.63, 3.8) is 0 Å². The average Bonchev–Trinajstić information content (AvgIpc) is 2.42. The Labute approximate surface area is 123 Å². The number of amides is 1. The summed E-state index contributed by atoms with van der Waals surface area (Å²) in [6.07, 6.45) is 3.04. The zero-order valence-corrected chi connectivity index (χ0v) is 13.3. The fourth-order valence-corrected chi connectivity index (χ4v) is 2.42. The van der Waals surface area contributed by atoms with Gasteiger partial charge in [0.1, 0.15) is 11.0 Å². The maximum absolute atomic E-state index is 12.4. The zero-order valence-electron chi connectivity index (χ0n) is 11.7. The molecule has 1 aromatic rings. The number of rotatable bonds is 6. The van der Waals surface area contributed by atoms with Gasteiger partial charge >= 0.3 is 0 Å². The van der Waals surface area contributed by atoms with Crippen LogP contribution in [-0.2, 0) is 0 Å². The summed E-state index contributed by atoms with van der Waals surface area (Å²) >= 11 is 7.70. The number of nitrogens with one attached hydrogen (secondary N) is 1. The molecule has 1 aromatic heterocycles. The van der Waals surface area contributed by atoms with Gasteiger partial charge in [0, 0.05) is 25.7 Å². The lowest BCUT2D eigenvalue weighted by molar-refractivity contribution is 0.0741. The molecule has 0 aliphatic carbocycles. The van der Waals surface area contributed by atoms with Crippen LogP contribution in [0, 0.1) is 0 Å². The Kier molecular flexibility index (Phi) is 6.45. The molecule has 1 amide bonds. The molecule has 1 unspecified atom stereocenters. The molecule has 1 heterocycles. The smallest absolute Gasteiger partial charge is 0.254 e. The summed E-state index contributed by atoms with van der Waals surface area (Å²) < 4.78 is 0. The molecule has 6 heteroatoms. The summed E-state index contributed by atoms with van der Waals surface area (Å²) in [6, 6.07) is 3.51. The van der Waals surface area contributed by atoms with Crippen molar-refractivity contribution in [1.29, 1.82) is 0 Å². The number of aromatic nitrogens is 1. The number of carbonyl (C=O) groups is 1. The molecule has 0 saturated heterocycles. The lowest BCUT2D eigenvalue weighted by Crippen LogP contribution is -2.35. The third-order valence-corrected chi connectivity index (χ3v) is 3.86. The van der Waals surface area contributed by atoms with E-state index in [-0.39, 0.29) is 11.9 Å². The monoisotopic (exact) mass is 301 g/mol. The van der Waals surface area contributed by atoms with Gasteiger partial charge in [-0.3, -0.25) is 4.79 Å². The lowest BCUT2D eigenvalue weighted by Gasteiger charge is -2.25. The number of hydrogen-bond acceptors (Lipinski definition) is 4. The maximum Gasteiger partial charge on any atom is 0.254 e. The van der Waals surface area contributed by atoms with Crippen LogP contribution < -0.4 is 5.32 Å². The topological polar surface area (TPSA) is 45.2 Å². The number of halogens is 1. The van der Waals surface area contributed by atoms with Crippen molar-refractivity contribution in [3.8, 4) is 0 Å². The van der Waals surface area contributed by atoms with Gasteiger partial charge in [-0.1, -0.05) is 11.6 Å². The second kappa shape index (κ2) is 7.60. The predicted octanol–water partition coefficient (Wildman–Crippen LogP) is 2.99. The van der Waals surface area contributed by atoms with E-state index < -0.39 is 0 Å². The fourth-order valence-electron chi connectivity index (χ4n) is 1.63. The molecule has 0 spiro atoms. The molecule has 0 fully saturated rings. The van der Waals surface area contributed by atoms with Gasteiger partial charge < -0.3 is 10.2 Å². The minimum atomic E-state index is -0.0330. The lowest BCUT2D eigenvalue weighted by atomic mass is 10.1. The van der Waals surface area contributed by atoms with Crippen molar-refractivity contribution in [1.82, 2.24) is 9.88 Å². The van der Waals surface area contributed by atoms with E-state index in [1.54, 1.807) is 35.8 Å². The number of hydrogen-bond donors (Lipinski definition) is 1. The van der Waals surface area contributed by atoms with E-state index in [0.29, 0.717) is 16.5 Å². The minimum Gasteiger partial charge on any atom is -0.373 e. The zero-order chi connectivity index (χ0) is 14.4. The van der Waals surface area contributed by atoms with Crippen LogP contribution >= 0.6 is 23.4 Å². The van der Waals surface area contributed by atoms with Crippen LogP contribution in [0.25, 0.3) is 0 Å². The second-order valence-corrected chi connectivity index (χ2v) is 5.73. The van der Waals surface area contributed by atoms with Crippen LogP contribution in [0.1, 0.15) is 23.7 Å². The molecule has 0 aliphatic heterocycles. The normalized spacial score (nSPS) is 12.1. The molecule has 0 aliphatic rings. The highest BCUT2D eigenvalue weighted by atomic mass is 35.5. The summed E-state index contributed by atoms with van der Waals surface area (Å²) in [5, 5.41) is 3.22. The fraction of sp³-hybridized carbons (Fsp3) is 0.538. The molecule has 4 nitrogen and oxygen atoms in total. The van der Waals surface area contributed by atoms with Crippen molar-refractivity contribution in [2.24, 2.45) is 0 Å². The molecule has 0 saturated carbocycles. The van der Waals surface area contributed by atoms with Gasteiger partial charge in [-0.15, -0.1) is 0 Å². The third-order valence-electron chi connectivity index (χ3n) is 3.02. The van der Waals surface area contributed by atoms with Gasteiger partial charge in [-0.05, 0) is 37.5 Å². The Balaban J connectivity index is 2.84. The second-order valence-electron chi connectivity index (χ2n) is 4.36. The van der Waals surface area contributed by atoms with E-state index in [1.165, 1.54) is 0 Å². The molecule has 0 radical (unpaired) electrons. The summed E-state index contributed by atoms with van der Waals surface area (Å²) in [5.74, 6) is 1.60. The molecule has 1 rings (SSSR count). The largest absolute Gasteiger partial charge is 0.373 e. The molecule has 0 bridgehead atoms. The quantitative estimate of drug-likeness (QED) is 0.821. The van der Waals surface area contributed by atoms with Gasteiger partial charge in [0.2, 0.25) is 0 Å². The summed E-state index contributed by atoms with van der Waals surface area (Å²) in [7, 11) is 3.57. The summed E-state index contributed by atoms with van der Waals surface area (Å²) in [5.41, 5.74) is 0.558. The van der Waals surface area contributed by atoms with Crippen molar-refractivity contribution in [3.05, 3.63) is 22.8 Å². The van der Waals surface area contributed by atoms with Crippen LogP contribution in [-0.4, -0.2) is 47.9 Å². The highest BCUT2D eigenvalue weighted by Crippen LogP contribution is 2.17. The molecule has 1 atom stereocenters. The van der Waals surface area contributed by atoms with Gasteiger partial charge in [-0.25, -0.2) is 4.98 Å². The molecule has 0 aromatic carbocycles. The standard InChI is InChI=1S/C13H20ClN3OS/c1-9(5-6-19-4)17(3)13(18)10-7-11(14)16-12(8-10)15-2/h7-9H,5-6H2,1-4H3,(H,15,16). The minimum absolute atomic E-state index is 0.0330. The Hall–Kier alpha value is -0.940. The van der Waals surface area contributed by atoms with E-state index in [4.69, 9.17) is 11.6 Å². The first kappa shape index (κ1) is 16.1. The van der Waals surface area contributed by atoms with Crippen LogP contribution in [0.4, 0.5) is 5.82 Å². The van der Waals surface area contributed by atoms with Crippen molar-refractivity contribution >= 4 is 35.1 Å². The van der Waals surface area contributed by atoms with Crippen molar-refractivity contribution < 1.29 is 4.79 Å². The highest BCUT2D eigenvalue weighted by Gasteiger charge is 2.18. The number of pyridine rings is 1. The Bertz CT molecular complexity index is 442. The highest BCUT2D eigenvalue weighted by molar-refractivity contribution is 7.98. The Morgan fingerprint density at radius 2 is 2.26 bits per heavy atom. The van der Waals surface area contributed by atoms with E-state index in [9.17, 15) is 4.79 Å². The van der Waals surface area contributed by atoms with Gasteiger partial charge in [0.25, 0.3) is 5.91 Å². The van der Waals surface area contributed by atoms with E-state index in [2.05, 4.69) is 23.5 Å². The van der Waals surface area contributed by atoms with Crippen LogP contribution in [0.5, 0.6) is 0 Å². The molecule has 1 N–H and O–H groups in total. The maximum atomic E-state index is 12.4. The average molecular weight is 302 g/mol. The van der Waals surface area contributed by atoms with E-state index in [1.807, 2.05) is 7.05 Å². The number of nitrogens with zero attached hydrogens (tertiary/aromatic N) is 2. The SMILES string of the molecule is CNc1cc(C(=O)N(C)C(C)CCSC)cc(Cl)n1. The number of anilines is 1. The number of carbonyl (C=O) groups excluding carboxylic acids is 1. The van der Waals surface area contributed by atoms with Crippen LogP contribution in [0.2, 0.25) is 5.15 Å². The first-order valence-electron chi connectivity index (χ1n) is 6.11. The van der Waals surface area contributed by atoms with E-state index >= 15 is 0 Å². The Morgan fingerprint density at radius 1 is 1.58 bits per heavy atom. The third kappa shape index (κ3) is 4.58. The number of thioether (sulfide) groups is 1. The van der Waals surface area contributed by atoms with Gasteiger partial charge in [0.05, 0.1) is 0 Å². The first-order chi connectivity index (χ1) is 8.99. The van der Waals surface area contributed by atoms with Crippen molar-refractivity contribution in [2.45, 2.75) is 19.4 Å². The summed E-state index contributed by atoms with van der Waals surface area (Å²) in [6.45, 7) is 2.05.